The predicted octanol–water partition coefficient (Wildman–Crippen LogP) is 5.58. The molecule has 39 heavy (non-hydrogen) atoms. The number of nitro benzene ring substituents is 1. The highest BCUT2D eigenvalue weighted by atomic mass is 79.9. The smallest absolute Gasteiger partial charge is 0.273 e. The van der Waals surface area contributed by atoms with Crippen molar-refractivity contribution in [3.05, 3.63) is 97.9 Å². The number of carbonyl (C=O) groups is 2. The minimum absolute atomic E-state index is 0.00395. The van der Waals surface area contributed by atoms with Crippen LogP contribution >= 0.6 is 15.9 Å². The number of nitrogens with one attached hydrogen (secondary N) is 1. The second-order valence-electron chi connectivity index (χ2n) is 9.59. The first kappa shape index (κ1) is 26.5. The summed E-state index contributed by atoms with van der Waals surface area (Å²) in [5, 5.41) is 19.2. The lowest BCUT2D eigenvalue weighted by Gasteiger charge is -2.32. The topological polar surface area (TPSA) is 110 Å². The number of hydrogen-bond donors (Lipinski definition) is 1. The van der Waals surface area contributed by atoms with Gasteiger partial charge in [0.25, 0.3) is 11.6 Å². The zero-order valence-electron chi connectivity index (χ0n) is 21.1. The molecule has 0 spiro atoms. The number of piperidine rings is 1. The second kappa shape index (κ2) is 10.9. The molecular weight excluding hydrogens is 569 g/mol. The van der Waals surface area contributed by atoms with E-state index in [-0.39, 0.29) is 29.5 Å². The van der Waals surface area contributed by atoms with Gasteiger partial charge >= 0.3 is 0 Å². The molecule has 1 aliphatic rings. The number of fused-ring (bicyclic) bond motifs is 1. The summed E-state index contributed by atoms with van der Waals surface area (Å²) in [5.74, 6) is -0.823. The van der Waals surface area contributed by atoms with Crippen LogP contribution in [-0.4, -0.2) is 44.5 Å². The van der Waals surface area contributed by atoms with E-state index in [0.717, 1.165) is 52.1 Å². The van der Waals surface area contributed by atoms with E-state index in [0.29, 0.717) is 24.3 Å². The molecule has 0 unspecified atom stereocenters. The van der Waals surface area contributed by atoms with Gasteiger partial charge in [-0.1, -0.05) is 12.1 Å². The fourth-order valence-corrected chi connectivity index (χ4v) is 5.61. The lowest BCUT2D eigenvalue weighted by atomic mass is 9.89. The molecule has 1 saturated heterocycles. The highest BCUT2D eigenvalue weighted by Gasteiger charge is 2.25. The van der Waals surface area contributed by atoms with Gasteiger partial charge < -0.3 is 10.2 Å². The standard InChI is InChI=1S/C28H25BrFN5O4/c1-33-25-15-19(4-8-23(25)27(29)32-33)28(37)34-12-10-18(11-13-34)17-2-6-22(7-3-17)31-26(36)16-20-14-21(30)5-9-24(20)35(38)39/h2-9,14-15,18H,10-13,16H2,1H3,(H,31,36). The van der Waals surface area contributed by atoms with Crippen molar-refractivity contribution >= 4 is 50.0 Å². The Kier molecular flexibility index (Phi) is 7.42. The molecule has 5 rings (SSSR count). The lowest BCUT2D eigenvalue weighted by Crippen LogP contribution is -2.37. The summed E-state index contributed by atoms with van der Waals surface area (Å²) in [4.78, 5) is 38.0. The Morgan fingerprint density at radius 3 is 2.51 bits per heavy atom. The van der Waals surface area contributed by atoms with E-state index in [2.05, 4.69) is 26.3 Å². The number of halogens is 2. The largest absolute Gasteiger partial charge is 0.339 e. The first-order valence-electron chi connectivity index (χ1n) is 12.4. The Hall–Kier alpha value is -4.12. The van der Waals surface area contributed by atoms with Gasteiger partial charge in [0.1, 0.15) is 10.4 Å². The van der Waals surface area contributed by atoms with Crippen LogP contribution in [0.15, 0.2) is 65.3 Å². The molecule has 0 saturated carbocycles. The van der Waals surface area contributed by atoms with E-state index >= 15 is 0 Å². The lowest BCUT2D eigenvalue weighted by molar-refractivity contribution is -0.385. The minimum atomic E-state index is -0.636. The monoisotopic (exact) mass is 593 g/mol. The van der Waals surface area contributed by atoms with Gasteiger partial charge in [-0.15, -0.1) is 0 Å². The van der Waals surface area contributed by atoms with Gasteiger partial charge in [0, 0.05) is 48.4 Å². The fraction of sp³-hybridized carbons (Fsp3) is 0.250. The normalized spacial score (nSPS) is 14.0. The molecule has 4 aromatic rings. The summed E-state index contributed by atoms with van der Waals surface area (Å²) in [7, 11) is 1.85. The van der Waals surface area contributed by atoms with Crippen LogP contribution in [0.1, 0.15) is 40.2 Å². The van der Waals surface area contributed by atoms with Crippen molar-refractivity contribution < 1.29 is 18.9 Å². The van der Waals surface area contributed by atoms with Gasteiger partial charge in [0.2, 0.25) is 5.91 Å². The maximum Gasteiger partial charge on any atom is 0.273 e. The van der Waals surface area contributed by atoms with E-state index in [9.17, 15) is 24.1 Å². The molecule has 3 aromatic carbocycles. The number of hydrogen-bond acceptors (Lipinski definition) is 5. The molecule has 200 valence electrons. The fourth-order valence-electron chi connectivity index (χ4n) is 5.04. The number of likely N-dealkylation sites (tertiary alicyclic amines) is 1. The van der Waals surface area contributed by atoms with Crippen molar-refractivity contribution in [1.29, 1.82) is 0 Å². The number of aryl methyl sites for hydroxylation is 1. The van der Waals surface area contributed by atoms with E-state index in [1.165, 1.54) is 0 Å². The molecule has 11 heteroatoms. The summed E-state index contributed by atoms with van der Waals surface area (Å²) in [6, 6.07) is 16.1. The maximum absolute atomic E-state index is 13.6. The van der Waals surface area contributed by atoms with Crippen molar-refractivity contribution in [3.63, 3.8) is 0 Å². The van der Waals surface area contributed by atoms with Crippen LogP contribution in [0, 0.1) is 15.9 Å². The Morgan fingerprint density at radius 1 is 1.10 bits per heavy atom. The van der Waals surface area contributed by atoms with Gasteiger partial charge in [0.05, 0.1) is 16.9 Å². The second-order valence-corrected chi connectivity index (χ2v) is 10.3. The Labute approximate surface area is 231 Å². The number of rotatable bonds is 6. The number of nitro groups is 1. The quantitative estimate of drug-likeness (QED) is 0.231. The minimum Gasteiger partial charge on any atom is -0.339 e. The van der Waals surface area contributed by atoms with Crippen molar-refractivity contribution in [2.24, 2.45) is 7.05 Å². The molecule has 1 aliphatic heterocycles. The van der Waals surface area contributed by atoms with Gasteiger partial charge in [-0.2, -0.15) is 5.10 Å². The third-order valence-electron chi connectivity index (χ3n) is 7.09. The Bertz CT molecular complexity index is 1580. The Balaban J connectivity index is 1.17. The molecule has 0 aliphatic carbocycles. The van der Waals surface area contributed by atoms with E-state index in [1.54, 1.807) is 16.8 Å². The van der Waals surface area contributed by atoms with E-state index < -0.39 is 16.6 Å². The van der Waals surface area contributed by atoms with Crippen molar-refractivity contribution in [2.75, 3.05) is 18.4 Å². The summed E-state index contributed by atoms with van der Waals surface area (Å²) in [5.41, 5.74) is 2.92. The maximum atomic E-state index is 13.6. The van der Waals surface area contributed by atoms with Crippen LogP contribution in [0.3, 0.4) is 0 Å². The molecule has 2 heterocycles. The number of carbonyl (C=O) groups excluding carboxylic acids is 2. The van der Waals surface area contributed by atoms with Gasteiger partial charge in [-0.05, 0) is 82.7 Å². The van der Waals surface area contributed by atoms with E-state index in [4.69, 9.17) is 0 Å². The summed E-state index contributed by atoms with van der Waals surface area (Å²) < 4.78 is 16.1. The van der Waals surface area contributed by atoms with Crippen molar-refractivity contribution in [2.45, 2.75) is 25.2 Å². The first-order valence-corrected chi connectivity index (χ1v) is 13.2. The average Bonchev–Trinajstić information content (AvgIpc) is 3.21. The predicted molar refractivity (Wildman–Crippen MR) is 148 cm³/mol. The molecule has 0 bridgehead atoms. The number of nitrogens with zero attached hydrogens (tertiary/aromatic N) is 4. The number of anilines is 1. The molecule has 1 N–H and O–H groups in total. The number of amides is 2. The SMILES string of the molecule is Cn1nc(Br)c2ccc(C(=O)N3CCC(c4ccc(NC(=O)Cc5cc(F)ccc5[N+](=O)[O-])cc4)CC3)cc21. The van der Waals surface area contributed by atoms with Gasteiger partial charge in [-0.3, -0.25) is 24.4 Å². The van der Waals surface area contributed by atoms with Crippen molar-refractivity contribution in [1.82, 2.24) is 14.7 Å². The highest BCUT2D eigenvalue weighted by Crippen LogP contribution is 2.30. The average molecular weight is 594 g/mol. The molecular formula is C28H25BrFN5O4. The van der Waals surface area contributed by atoms with E-state index in [1.807, 2.05) is 42.3 Å². The molecule has 1 fully saturated rings. The molecule has 9 nitrogen and oxygen atoms in total. The highest BCUT2D eigenvalue weighted by molar-refractivity contribution is 9.10. The van der Waals surface area contributed by atoms with Crippen LogP contribution in [0.5, 0.6) is 0 Å². The van der Waals surface area contributed by atoms with Gasteiger partial charge in [0.15, 0.2) is 0 Å². The third kappa shape index (κ3) is 5.68. The molecule has 1 aromatic heterocycles. The summed E-state index contributed by atoms with van der Waals surface area (Å²) in [6.07, 6.45) is 1.33. The molecule has 0 atom stereocenters. The van der Waals surface area contributed by atoms with Crippen molar-refractivity contribution in [3.8, 4) is 0 Å². The molecule has 0 radical (unpaired) electrons. The van der Waals surface area contributed by atoms with Crippen LogP contribution < -0.4 is 5.32 Å². The number of aromatic nitrogens is 2. The first-order chi connectivity index (χ1) is 18.7. The third-order valence-corrected chi connectivity index (χ3v) is 7.68. The molecule has 2 amide bonds. The zero-order chi connectivity index (χ0) is 27.7. The summed E-state index contributed by atoms with van der Waals surface area (Å²) in [6.45, 7) is 1.28. The van der Waals surface area contributed by atoms with Crippen LogP contribution in [-0.2, 0) is 18.3 Å². The zero-order valence-corrected chi connectivity index (χ0v) is 22.7. The van der Waals surface area contributed by atoms with Crippen LogP contribution in [0.2, 0.25) is 0 Å². The summed E-state index contributed by atoms with van der Waals surface area (Å²) >= 11 is 3.44. The number of benzene rings is 3. The van der Waals surface area contributed by atoms with Crippen LogP contribution in [0.25, 0.3) is 10.9 Å². The van der Waals surface area contributed by atoms with Crippen LogP contribution in [0.4, 0.5) is 15.8 Å². The Morgan fingerprint density at radius 2 is 1.82 bits per heavy atom. The van der Waals surface area contributed by atoms with Gasteiger partial charge in [-0.25, -0.2) is 4.39 Å².